The van der Waals surface area contributed by atoms with E-state index in [1.807, 2.05) is 30.3 Å². The summed E-state index contributed by atoms with van der Waals surface area (Å²) in [6.45, 7) is -0.192. The Bertz CT molecular complexity index is 647. The molecule has 136 valence electrons. The summed E-state index contributed by atoms with van der Waals surface area (Å²) in [6.07, 6.45) is -4.57. The van der Waals surface area contributed by atoms with Gasteiger partial charge in [0.2, 0.25) is 0 Å². The van der Waals surface area contributed by atoms with Gasteiger partial charge in [0.25, 0.3) is 0 Å². The quantitative estimate of drug-likeness (QED) is 0.599. The Morgan fingerprint density at radius 1 is 0.920 bits per heavy atom. The molecule has 0 saturated carbocycles. The van der Waals surface area contributed by atoms with Crippen molar-refractivity contribution in [1.82, 2.24) is 0 Å². The van der Waals surface area contributed by atoms with Gasteiger partial charge < -0.3 is 14.2 Å². The van der Waals surface area contributed by atoms with Crippen molar-refractivity contribution in [3.8, 4) is 5.75 Å². The molecule has 2 aromatic rings. The topological polar surface area (TPSA) is 27.7 Å². The molecule has 0 N–H and O–H groups in total. The van der Waals surface area contributed by atoms with E-state index in [1.165, 1.54) is 7.11 Å². The number of hydrogen-bond acceptors (Lipinski definition) is 4. The lowest BCUT2D eigenvalue weighted by molar-refractivity contribution is -0.296. The molecule has 1 atom stereocenters. The van der Waals surface area contributed by atoms with Gasteiger partial charge in [0.05, 0.1) is 0 Å². The Morgan fingerprint density at radius 3 is 2.08 bits per heavy atom. The summed E-state index contributed by atoms with van der Waals surface area (Å²) < 4.78 is 54.2. The van der Waals surface area contributed by atoms with Gasteiger partial charge in [0, 0.05) is 16.9 Å². The van der Waals surface area contributed by atoms with Crippen molar-refractivity contribution in [1.29, 1.82) is 0 Å². The van der Waals surface area contributed by atoms with Gasteiger partial charge in [-0.25, -0.2) is 0 Å². The van der Waals surface area contributed by atoms with Crippen LogP contribution in [0.5, 0.6) is 5.75 Å². The van der Waals surface area contributed by atoms with Crippen LogP contribution >= 0.6 is 11.8 Å². The van der Waals surface area contributed by atoms with Gasteiger partial charge in [-0.1, -0.05) is 30.0 Å². The van der Waals surface area contributed by atoms with E-state index >= 15 is 0 Å². The van der Waals surface area contributed by atoms with E-state index in [1.54, 1.807) is 36.0 Å². The molecule has 3 nitrogen and oxygen atoms in total. The van der Waals surface area contributed by atoms with Crippen LogP contribution in [-0.4, -0.2) is 32.3 Å². The van der Waals surface area contributed by atoms with Crippen molar-refractivity contribution in [2.24, 2.45) is 0 Å². The molecule has 0 aromatic heterocycles. The molecule has 0 radical (unpaired) electrons. The largest absolute Gasteiger partial charge is 0.490 e. The molecule has 0 aliphatic heterocycles. The van der Waals surface area contributed by atoms with Crippen LogP contribution < -0.4 is 4.74 Å². The number of hydrogen-bond donors (Lipinski definition) is 0. The molecule has 1 unspecified atom stereocenters. The van der Waals surface area contributed by atoms with Crippen LogP contribution in [0.1, 0.15) is 6.92 Å². The maximum Gasteiger partial charge on any atom is 0.420 e. The Hall–Kier alpha value is -1.70. The van der Waals surface area contributed by atoms with E-state index in [-0.39, 0.29) is 0 Å². The minimum absolute atomic E-state index is 0.342. The predicted octanol–water partition coefficient (Wildman–Crippen LogP) is 5.16. The van der Waals surface area contributed by atoms with E-state index in [9.17, 15) is 13.2 Å². The SMILES string of the molecule is COCOC(C)(COc1ccc(Sc2ccccc2)cc1)C(F)(F)F. The Labute approximate surface area is 149 Å². The molecule has 0 aliphatic rings. The molecular formula is C18H19F3O3S. The summed E-state index contributed by atoms with van der Waals surface area (Å²) in [5.41, 5.74) is -2.44. The molecule has 0 amide bonds. The number of methoxy groups -OCH3 is 1. The molecule has 0 saturated heterocycles. The monoisotopic (exact) mass is 372 g/mol. The highest BCUT2D eigenvalue weighted by atomic mass is 32.2. The van der Waals surface area contributed by atoms with Crippen LogP contribution in [0, 0.1) is 0 Å². The van der Waals surface area contributed by atoms with E-state index < -0.39 is 25.2 Å². The fourth-order valence-corrected chi connectivity index (χ4v) is 2.68. The molecule has 0 fully saturated rings. The van der Waals surface area contributed by atoms with Crippen molar-refractivity contribution in [2.75, 3.05) is 20.5 Å². The third-order valence-corrected chi connectivity index (χ3v) is 4.43. The first kappa shape index (κ1) is 19.6. The van der Waals surface area contributed by atoms with Gasteiger partial charge in [0.15, 0.2) is 5.60 Å². The molecule has 7 heteroatoms. The van der Waals surface area contributed by atoms with Crippen LogP contribution in [0.3, 0.4) is 0 Å². The highest BCUT2D eigenvalue weighted by Crippen LogP contribution is 2.34. The highest BCUT2D eigenvalue weighted by Gasteiger charge is 2.53. The Balaban J connectivity index is 1.98. The normalized spacial score (nSPS) is 14.1. The minimum Gasteiger partial charge on any atom is -0.490 e. The van der Waals surface area contributed by atoms with Gasteiger partial charge >= 0.3 is 6.18 Å². The Morgan fingerprint density at radius 2 is 1.52 bits per heavy atom. The van der Waals surface area contributed by atoms with Crippen LogP contribution in [0.2, 0.25) is 0 Å². The summed E-state index contributed by atoms with van der Waals surface area (Å²) in [6, 6.07) is 16.7. The van der Waals surface area contributed by atoms with Crippen molar-refractivity contribution in [3.63, 3.8) is 0 Å². The number of rotatable bonds is 8. The first-order valence-electron chi connectivity index (χ1n) is 7.49. The smallest absolute Gasteiger partial charge is 0.420 e. The van der Waals surface area contributed by atoms with E-state index in [0.717, 1.165) is 16.7 Å². The first-order valence-corrected chi connectivity index (χ1v) is 8.31. The average Bonchev–Trinajstić information content (AvgIpc) is 2.59. The van der Waals surface area contributed by atoms with Gasteiger partial charge in [0.1, 0.15) is 19.1 Å². The molecular weight excluding hydrogens is 353 g/mol. The lowest BCUT2D eigenvalue weighted by Crippen LogP contribution is -2.50. The van der Waals surface area contributed by atoms with Gasteiger partial charge in [-0.2, -0.15) is 13.2 Å². The average molecular weight is 372 g/mol. The molecule has 0 spiro atoms. The summed E-state index contributed by atoms with van der Waals surface area (Å²) >= 11 is 1.56. The molecule has 0 bridgehead atoms. The molecule has 0 aliphatic carbocycles. The summed E-state index contributed by atoms with van der Waals surface area (Å²) in [5, 5.41) is 0. The zero-order valence-electron chi connectivity index (χ0n) is 13.9. The molecule has 25 heavy (non-hydrogen) atoms. The zero-order chi connectivity index (χ0) is 18.3. The molecule has 0 heterocycles. The van der Waals surface area contributed by atoms with Gasteiger partial charge in [-0.3, -0.25) is 0 Å². The number of halogens is 3. The standard InChI is InChI=1S/C18H19F3O3S/c1-17(18(19,20)21,24-13-22-2)12-23-14-8-10-16(11-9-14)25-15-6-4-3-5-7-15/h3-11H,12-13H2,1-2H3. The van der Waals surface area contributed by atoms with Gasteiger partial charge in [-0.15, -0.1) is 0 Å². The fraction of sp³-hybridized carbons (Fsp3) is 0.333. The minimum atomic E-state index is -4.57. The van der Waals surface area contributed by atoms with E-state index in [4.69, 9.17) is 9.47 Å². The van der Waals surface area contributed by atoms with Crippen molar-refractivity contribution in [2.45, 2.75) is 28.5 Å². The highest BCUT2D eigenvalue weighted by molar-refractivity contribution is 7.99. The zero-order valence-corrected chi connectivity index (χ0v) is 14.7. The lowest BCUT2D eigenvalue weighted by Gasteiger charge is -2.31. The van der Waals surface area contributed by atoms with Gasteiger partial charge in [-0.05, 0) is 43.3 Å². The van der Waals surface area contributed by atoms with E-state index in [2.05, 4.69) is 4.74 Å². The number of benzene rings is 2. The fourth-order valence-electron chi connectivity index (χ4n) is 1.84. The van der Waals surface area contributed by atoms with Crippen molar-refractivity contribution < 1.29 is 27.4 Å². The first-order chi connectivity index (χ1) is 11.8. The van der Waals surface area contributed by atoms with Crippen LogP contribution in [0.4, 0.5) is 13.2 Å². The lowest BCUT2D eigenvalue weighted by atomic mass is 10.1. The number of alkyl halides is 3. The molecule has 2 rings (SSSR count). The van der Waals surface area contributed by atoms with Crippen LogP contribution in [-0.2, 0) is 9.47 Å². The second-order valence-electron chi connectivity index (χ2n) is 5.45. The maximum absolute atomic E-state index is 13.2. The summed E-state index contributed by atoms with van der Waals surface area (Å²) in [5.74, 6) is 0.342. The maximum atomic E-state index is 13.2. The van der Waals surface area contributed by atoms with E-state index in [0.29, 0.717) is 5.75 Å². The third-order valence-electron chi connectivity index (χ3n) is 3.41. The third kappa shape index (κ3) is 5.66. The summed E-state index contributed by atoms with van der Waals surface area (Å²) in [4.78, 5) is 2.04. The second kappa shape index (κ2) is 8.60. The predicted molar refractivity (Wildman–Crippen MR) is 89.9 cm³/mol. The van der Waals surface area contributed by atoms with Crippen molar-refractivity contribution >= 4 is 11.8 Å². The van der Waals surface area contributed by atoms with Crippen LogP contribution in [0.25, 0.3) is 0 Å². The molecule has 2 aromatic carbocycles. The Kier molecular flexibility index (Phi) is 6.75. The summed E-state index contributed by atoms with van der Waals surface area (Å²) in [7, 11) is 1.26. The van der Waals surface area contributed by atoms with Crippen LogP contribution in [0.15, 0.2) is 64.4 Å². The second-order valence-corrected chi connectivity index (χ2v) is 6.60. The van der Waals surface area contributed by atoms with Crippen molar-refractivity contribution in [3.05, 3.63) is 54.6 Å². The number of ether oxygens (including phenoxy) is 3.